The lowest BCUT2D eigenvalue weighted by Crippen LogP contribution is -2.26. The Bertz CT molecular complexity index is 356. The van der Waals surface area contributed by atoms with Crippen LogP contribution in [0.25, 0.3) is 0 Å². The van der Waals surface area contributed by atoms with E-state index in [1.807, 2.05) is 18.2 Å². The van der Waals surface area contributed by atoms with Crippen molar-refractivity contribution in [1.82, 2.24) is 0 Å². The Kier molecular flexibility index (Phi) is 8.60. The second-order valence-corrected chi connectivity index (χ2v) is 6.62. The fourth-order valence-corrected chi connectivity index (χ4v) is 3.45. The minimum atomic E-state index is 0.267. The molecule has 0 aliphatic heterocycles. The molecule has 2 unspecified atom stereocenters. The molecule has 0 aromatic heterocycles. The monoisotopic (exact) mass is 299 g/mol. The largest absolute Gasteiger partial charge is 0.327 e. The second kappa shape index (κ2) is 9.68. The molecule has 0 fully saturated rings. The molecule has 3 heteroatoms. The van der Waals surface area contributed by atoms with Crippen LogP contribution in [0.15, 0.2) is 29.2 Å². The number of hydrogen-bond donors (Lipinski definition) is 1. The molecule has 19 heavy (non-hydrogen) atoms. The molecule has 1 aromatic rings. The Morgan fingerprint density at radius 2 is 2.00 bits per heavy atom. The molecular formula is C16H26ClNS. The molecule has 0 spiro atoms. The summed E-state index contributed by atoms with van der Waals surface area (Å²) in [7, 11) is 0. The standard InChI is InChI=1S/C16H26ClNS/c1-3-5-8-13(4-2)11-14(18)12-19-16-10-7-6-9-15(16)17/h6-7,9-10,13-14H,3-5,8,11-12,18H2,1-2H3. The third kappa shape index (κ3) is 6.69. The molecule has 0 bridgehead atoms. The topological polar surface area (TPSA) is 26.0 Å². The predicted octanol–water partition coefficient (Wildman–Crippen LogP) is 5.37. The number of benzene rings is 1. The van der Waals surface area contributed by atoms with Gasteiger partial charge in [0, 0.05) is 16.7 Å². The Balaban J connectivity index is 2.34. The summed E-state index contributed by atoms with van der Waals surface area (Å²) in [5.74, 6) is 1.73. The van der Waals surface area contributed by atoms with Crippen molar-refractivity contribution in [2.75, 3.05) is 5.75 Å². The van der Waals surface area contributed by atoms with Crippen molar-refractivity contribution in [2.45, 2.75) is 56.9 Å². The SMILES string of the molecule is CCCCC(CC)CC(N)CSc1ccccc1Cl. The van der Waals surface area contributed by atoms with Crippen molar-refractivity contribution in [3.05, 3.63) is 29.3 Å². The lowest BCUT2D eigenvalue weighted by molar-refractivity contribution is 0.396. The Hall–Kier alpha value is -0.180. The molecule has 1 rings (SSSR count). The molecule has 0 amide bonds. The highest BCUT2D eigenvalue weighted by Gasteiger charge is 2.12. The number of thioether (sulfide) groups is 1. The second-order valence-electron chi connectivity index (χ2n) is 5.15. The predicted molar refractivity (Wildman–Crippen MR) is 88.1 cm³/mol. The number of rotatable bonds is 9. The van der Waals surface area contributed by atoms with Crippen LogP contribution in [0.4, 0.5) is 0 Å². The maximum atomic E-state index is 6.26. The lowest BCUT2D eigenvalue weighted by Gasteiger charge is -2.19. The molecule has 0 radical (unpaired) electrons. The number of unbranched alkanes of at least 4 members (excludes halogenated alkanes) is 1. The summed E-state index contributed by atoms with van der Waals surface area (Å²) in [6.07, 6.45) is 6.29. The van der Waals surface area contributed by atoms with E-state index < -0.39 is 0 Å². The molecule has 2 atom stereocenters. The zero-order valence-electron chi connectivity index (χ0n) is 12.1. The van der Waals surface area contributed by atoms with Crippen molar-refractivity contribution < 1.29 is 0 Å². The van der Waals surface area contributed by atoms with Gasteiger partial charge in [0.2, 0.25) is 0 Å². The van der Waals surface area contributed by atoms with Gasteiger partial charge in [-0.1, -0.05) is 63.3 Å². The fourth-order valence-electron chi connectivity index (χ4n) is 2.24. The average Bonchev–Trinajstić information content (AvgIpc) is 2.42. The maximum Gasteiger partial charge on any atom is 0.0541 e. The lowest BCUT2D eigenvalue weighted by atomic mass is 9.93. The molecule has 1 aromatic carbocycles. The van der Waals surface area contributed by atoms with E-state index in [1.165, 1.54) is 25.7 Å². The first-order valence-corrected chi connectivity index (χ1v) is 8.66. The summed E-state index contributed by atoms with van der Waals surface area (Å²) in [5, 5.41) is 0.831. The Morgan fingerprint density at radius 3 is 2.63 bits per heavy atom. The third-order valence-corrected chi connectivity index (χ3v) is 5.17. The molecule has 0 aliphatic rings. The first-order chi connectivity index (χ1) is 9.17. The molecule has 108 valence electrons. The van der Waals surface area contributed by atoms with Crippen LogP contribution in [0.2, 0.25) is 5.02 Å². The van der Waals surface area contributed by atoms with Gasteiger partial charge in [-0.2, -0.15) is 0 Å². The minimum Gasteiger partial charge on any atom is -0.327 e. The van der Waals surface area contributed by atoms with Crippen LogP contribution in [-0.4, -0.2) is 11.8 Å². The molecule has 2 N–H and O–H groups in total. The van der Waals surface area contributed by atoms with Gasteiger partial charge >= 0.3 is 0 Å². The van der Waals surface area contributed by atoms with Gasteiger partial charge in [0.25, 0.3) is 0 Å². The van der Waals surface area contributed by atoms with Gasteiger partial charge in [0.05, 0.1) is 5.02 Å². The summed E-state index contributed by atoms with van der Waals surface area (Å²) in [4.78, 5) is 1.14. The van der Waals surface area contributed by atoms with Crippen LogP contribution < -0.4 is 5.73 Å². The summed E-state index contributed by atoms with van der Waals surface area (Å²) in [5.41, 5.74) is 6.26. The van der Waals surface area contributed by atoms with Crippen molar-refractivity contribution in [2.24, 2.45) is 11.7 Å². The maximum absolute atomic E-state index is 6.26. The molecule has 0 heterocycles. The highest BCUT2D eigenvalue weighted by atomic mass is 35.5. The van der Waals surface area contributed by atoms with Crippen LogP contribution in [0, 0.1) is 5.92 Å². The van der Waals surface area contributed by atoms with E-state index in [1.54, 1.807) is 11.8 Å². The van der Waals surface area contributed by atoms with Gasteiger partial charge in [-0.25, -0.2) is 0 Å². The van der Waals surface area contributed by atoms with Crippen LogP contribution >= 0.6 is 23.4 Å². The van der Waals surface area contributed by atoms with Gasteiger partial charge in [0.15, 0.2) is 0 Å². The normalized spacial score (nSPS) is 14.3. The molecular weight excluding hydrogens is 274 g/mol. The number of halogens is 1. The van der Waals surface area contributed by atoms with Crippen molar-refractivity contribution in [3.8, 4) is 0 Å². The molecule has 1 nitrogen and oxygen atoms in total. The van der Waals surface area contributed by atoms with E-state index in [2.05, 4.69) is 19.9 Å². The van der Waals surface area contributed by atoms with Crippen LogP contribution in [0.3, 0.4) is 0 Å². The van der Waals surface area contributed by atoms with Gasteiger partial charge in [-0.05, 0) is 24.5 Å². The number of nitrogens with two attached hydrogens (primary N) is 1. The van der Waals surface area contributed by atoms with E-state index >= 15 is 0 Å². The number of hydrogen-bond acceptors (Lipinski definition) is 2. The van der Waals surface area contributed by atoms with Crippen molar-refractivity contribution in [1.29, 1.82) is 0 Å². The van der Waals surface area contributed by atoms with Crippen LogP contribution in [0.5, 0.6) is 0 Å². The first kappa shape index (κ1) is 16.9. The average molecular weight is 300 g/mol. The molecule has 0 saturated carbocycles. The van der Waals surface area contributed by atoms with Crippen LogP contribution in [-0.2, 0) is 0 Å². The zero-order valence-corrected chi connectivity index (χ0v) is 13.6. The van der Waals surface area contributed by atoms with Gasteiger partial charge < -0.3 is 5.73 Å². The summed E-state index contributed by atoms with van der Waals surface area (Å²) >= 11 is 7.92. The zero-order chi connectivity index (χ0) is 14.1. The summed E-state index contributed by atoms with van der Waals surface area (Å²) < 4.78 is 0. The van der Waals surface area contributed by atoms with Gasteiger partial charge in [0.1, 0.15) is 0 Å². The van der Waals surface area contributed by atoms with E-state index in [0.29, 0.717) is 0 Å². The highest BCUT2D eigenvalue weighted by molar-refractivity contribution is 7.99. The Morgan fingerprint density at radius 1 is 1.26 bits per heavy atom. The van der Waals surface area contributed by atoms with Crippen LogP contribution in [0.1, 0.15) is 46.0 Å². The van der Waals surface area contributed by atoms with E-state index in [9.17, 15) is 0 Å². The van der Waals surface area contributed by atoms with Gasteiger partial charge in [-0.15, -0.1) is 11.8 Å². The molecule has 0 aliphatic carbocycles. The third-order valence-electron chi connectivity index (χ3n) is 3.47. The van der Waals surface area contributed by atoms with E-state index in [0.717, 1.165) is 28.0 Å². The fraction of sp³-hybridized carbons (Fsp3) is 0.625. The minimum absolute atomic E-state index is 0.267. The summed E-state index contributed by atoms with van der Waals surface area (Å²) in [6, 6.07) is 8.25. The smallest absolute Gasteiger partial charge is 0.0541 e. The van der Waals surface area contributed by atoms with E-state index in [-0.39, 0.29) is 6.04 Å². The van der Waals surface area contributed by atoms with Gasteiger partial charge in [-0.3, -0.25) is 0 Å². The first-order valence-electron chi connectivity index (χ1n) is 7.30. The highest BCUT2D eigenvalue weighted by Crippen LogP contribution is 2.28. The molecule has 0 saturated heterocycles. The summed E-state index contributed by atoms with van der Waals surface area (Å²) in [6.45, 7) is 4.52. The quantitative estimate of drug-likeness (QED) is 0.621. The van der Waals surface area contributed by atoms with Crippen molar-refractivity contribution in [3.63, 3.8) is 0 Å². The Labute approximate surface area is 127 Å². The van der Waals surface area contributed by atoms with E-state index in [4.69, 9.17) is 17.3 Å². The van der Waals surface area contributed by atoms with Crippen molar-refractivity contribution >= 4 is 23.4 Å².